The highest BCUT2D eigenvalue weighted by Crippen LogP contribution is 2.40. The lowest BCUT2D eigenvalue weighted by molar-refractivity contribution is 0.562. The first kappa shape index (κ1) is 12.7. The summed E-state index contributed by atoms with van der Waals surface area (Å²) in [7, 11) is 2.15. The summed E-state index contributed by atoms with van der Waals surface area (Å²) in [4.78, 5) is 23.9. The standard InChI is InChI=1S/C10H8N2O2S2/c1-8-4-2-3-5-9(8)10(11-6-13)15-16-12-7-14/h2-5,10H,1H3. The van der Waals surface area contributed by atoms with E-state index in [2.05, 4.69) is 9.39 Å². The monoisotopic (exact) mass is 252 g/mol. The Morgan fingerprint density at radius 1 is 1.25 bits per heavy atom. The number of isocyanates is 2. The van der Waals surface area contributed by atoms with Crippen LogP contribution in [0.5, 0.6) is 0 Å². The van der Waals surface area contributed by atoms with E-state index in [1.807, 2.05) is 31.2 Å². The van der Waals surface area contributed by atoms with Crippen molar-refractivity contribution in [2.24, 2.45) is 9.39 Å². The van der Waals surface area contributed by atoms with Crippen LogP contribution in [0.3, 0.4) is 0 Å². The smallest absolute Gasteiger partial charge is 0.211 e. The number of aryl methyl sites for hydroxylation is 1. The van der Waals surface area contributed by atoms with Gasteiger partial charge in [0, 0.05) is 0 Å². The average Bonchev–Trinajstić information content (AvgIpc) is 2.29. The number of hydrogen-bond acceptors (Lipinski definition) is 6. The fraction of sp³-hybridized carbons (Fsp3) is 0.200. The number of benzene rings is 1. The van der Waals surface area contributed by atoms with Crippen molar-refractivity contribution in [3.05, 3.63) is 35.4 Å². The Morgan fingerprint density at radius 2 is 2.00 bits per heavy atom. The second kappa shape index (κ2) is 7.04. The Morgan fingerprint density at radius 3 is 2.62 bits per heavy atom. The third kappa shape index (κ3) is 3.68. The van der Waals surface area contributed by atoms with E-state index in [4.69, 9.17) is 0 Å². The Hall–Kier alpha value is -1.32. The van der Waals surface area contributed by atoms with Crippen molar-refractivity contribution >= 4 is 33.9 Å². The minimum Gasteiger partial charge on any atom is -0.211 e. The summed E-state index contributed by atoms with van der Waals surface area (Å²) >= 11 is 0. The van der Waals surface area contributed by atoms with Gasteiger partial charge in [-0.15, -0.1) is 4.40 Å². The third-order valence-electron chi connectivity index (χ3n) is 1.83. The molecule has 0 fully saturated rings. The molecule has 4 nitrogen and oxygen atoms in total. The van der Waals surface area contributed by atoms with Gasteiger partial charge in [-0.25, -0.2) is 9.59 Å². The number of nitrogens with zero attached hydrogens (tertiary/aromatic N) is 2. The molecule has 82 valence electrons. The normalized spacial score (nSPS) is 11.1. The van der Waals surface area contributed by atoms with E-state index in [0.717, 1.165) is 22.1 Å². The van der Waals surface area contributed by atoms with Gasteiger partial charge in [-0.1, -0.05) is 24.3 Å². The van der Waals surface area contributed by atoms with Gasteiger partial charge in [0.25, 0.3) is 0 Å². The molecule has 0 bridgehead atoms. The van der Waals surface area contributed by atoms with E-state index in [1.54, 1.807) is 0 Å². The molecular weight excluding hydrogens is 244 g/mol. The second-order valence-electron chi connectivity index (χ2n) is 2.78. The van der Waals surface area contributed by atoms with E-state index in [1.165, 1.54) is 23.0 Å². The minimum atomic E-state index is -0.402. The number of carbonyl (C=O) groups excluding carboxylic acids is 2. The van der Waals surface area contributed by atoms with Crippen LogP contribution in [0.2, 0.25) is 0 Å². The van der Waals surface area contributed by atoms with Crippen molar-refractivity contribution in [3.63, 3.8) is 0 Å². The maximum atomic E-state index is 10.3. The van der Waals surface area contributed by atoms with Crippen molar-refractivity contribution in [3.8, 4) is 0 Å². The predicted octanol–water partition coefficient (Wildman–Crippen LogP) is 2.96. The van der Waals surface area contributed by atoms with Crippen molar-refractivity contribution in [2.75, 3.05) is 0 Å². The average molecular weight is 252 g/mol. The zero-order chi connectivity index (χ0) is 11.8. The molecule has 1 aromatic carbocycles. The predicted molar refractivity (Wildman–Crippen MR) is 65.3 cm³/mol. The maximum Gasteiger partial charge on any atom is 0.248 e. The molecule has 1 rings (SSSR count). The Labute approximate surface area is 101 Å². The van der Waals surface area contributed by atoms with Gasteiger partial charge in [-0.05, 0) is 28.8 Å². The lowest BCUT2D eigenvalue weighted by Gasteiger charge is -2.10. The molecule has 1 atom stereocenters. The molecule has 0 spiro atoms. The lowest BCUT2D eigenvalue weighted by Crippen LogP contribution is -1.91. The largest absolute Gasteiger partial charge is 0.248 e. The van der Waals surface area contributed by atoms with Gasteiger partial charge in [-0.2, -0.15) is 4.99 Å². The van der Waals surface area contributed by atoms with Crippen LogP contribution >= 0.6 is 21.8 Å². The first-order chi connectivity index (χ1) is 7.79. The molecule has 16 heavy (non-hydrogen) atoms. The maximum absolute atomic E-state index is 10.3. The van der Waals surface area contributed by atoms with Crippen LogP contribution < -0.4 is 0 Å². The van der Waals surface area contributed by atoms with E-state index >= 15 is 0 Å². The molecule has 0 amide bonds. The Bertz CT molecular complexity index is 452. The molecule has 0 saturated heterocycles. The van der Waals surface area contributed by atoms with Gasteiger partial charge in [0.2, 0.25) is 12.2 Å². The van der Waals surface area contributed by atoms with Gasteiger partial charge in [0.05, 0.1) is 11.0 Å². The molecule has 0 radical (unpaired) electrons. The van der Waals surface area contributed by atoms with Crippen molar-refractivity contribution in [1.82, 2.24) is 0 Å². The molecule has 0 saturated carbocycles. The van der Waals surface area contributed by atoms with Crippen LogP contribution in [0.15, 0.2) is 33.7 Å². The van der Waals surface area contributed by atoms with Gasteiger partial charge in [0.1, 0.15) is 5.37 Å². The molecule has 0 heterocycles. The van der Waals surface area contributed by atoms with Crippen molar-refractivity contribution in [1.29, 1.82) is 0 Å². The van der Waals surface area contributed by atoms with Crippen LogP contribution in [0.25, 0.3) is 0 Å². The molecule has 0 aliphatic heterocycles. The molecule has 6 heteroatoms. The topological polar surface area (TPSA) is 58.9 Å². The van der Waals surface area contributed by atoms with Crippen LogP contribution in [0, 0.1) is 6.92 Å². The molecule has 0 aliphatic carbocycles. The molecule has 1 aromatic rings. The zero-order valence-corrected chi connectivity index (χ0v) is 10.0. The van der Waals surface area contributed by atoms with Crippen LogP contribution in [-0.2, 0) is 9.59 Å². The molecule has 1 unspecified atom stereocenters. The summed E-state index contributed by atoms with van der Waals surface area (Å²) in [6, 6.07) is 7.57. The van der Waals surface area contributed by atoms with Gasteiger partial charge < -0.3 is 0 Å². The summed E-state index contributed by atoms with van der Waals surface area (Å²) < 4.78 is 3.33. The molecule has 0 N–H and O–H groups in total. The third-order valence-corrected chi connectivity index (χ3v) is 3.64. The summed E-state index contributed by atoms with van der Waals surface area (Å²) in [5.41, 5.74) is 1.93. The second-order valence-corrected chi connectivity index (χ2v) is 4.78. The molecule has 0 aromatic heterocycles. The highest BCUT2D eigenvalue weighted by atomic mass is 33.1. The van der Waals surface area contributed by atoms with Crippen molar-refractivity contribution in [2.45, 2.75) is 12.3 Å². The number of rotatable bonds is 5. The highest BCUT2D eigenvalue weighted by Gasteiger charge is 2.13. The summed E-state index contributed by atoms with van der Waals surface area (Å²) in [6.07, 6.45) is 2.93. The summed E-state index contributed by atoms with van der Waals surface area (Å²) in [6.45, 7) is 1.93. The summed E-state index contributed by atoms with van der Waals surface area (Å²) in [5.74, 6) is 0. The Balaban J connectivity index is 2.89. The first-order valence-electron chi connectivity index (χ1n) is 4.31. The number of aliphatic imine (C=N–C) groups is 1. The van der Waals surface area contributed by atoms with E-state index in [-0.39, 0.29) is 0 Å². The highest BCUT2D eigenvalue weighted by molar-refractivity contribution is 8.76. The van der Waals surface area contributed by atoms with Crippen molar-refractivity contribution < 1.29 is 9.59 Å². The van der Waals surface area contributed by atoms with E-state index in [9.17, 15) is 9.59 Å². The van der Waals surface area contributed by atoms with Gasteiger partial charge in [0.15, 0.2) is 0 Å². The molecule has 0 aliphatic rings. The van der Waals surface area contributed by atoms with Crippen LogP contribution in [-0.4, -0.2) is 12.2 Å². The first-order valence-corrected chi connectivity index (χ1v) is 6.48. The zero-order valence-electron chi connectivity index (χ0n) is 8.41. The fourth-order valence-corrected chi connectivity index (χ4v) is 2.65. The lowest BCUT2D eigenvalue weighted by atomic mass is 10.1. The minimum absolute atomic E-state index is 0.402. The SMILES string of the molecule is Cc1ccccc1C(N=C=O)SSN=C=O. The van der Waals surface area contributed by atoms with E-state index in [0.29, 0.717) is 0 Å². The van der Waals surface area contributed by atoms with Crippen LogP contribution in [0.4, 0.5) is 0 Å². The summed E-state index contributed by atoms with van der Waals surface area (Å²) in [5, 5.41) is -0.402. The number of hydrogen-bond donors (Lipinski definition) is 0. The molecular formula is C10H8N2O2S2. The van der Waals surface area contributed by atoms with Gasteiger partial charge in [-0.3, -0.25) is 0 Å². The quantitative estimate of drug-likeness (QED) is 0.350. The fourth-order valence-electron chi connectivity index (χ4n) is 1.13. The van der Waals surface area contributed by atoms with E-state index < -0.39 is 5.37 Å². The van der Waals surface area contributed by atoms with Gasteiger partial charge >= 0.3 is 0 Å². The van der Waals surface area contributed by atoms with Crippen LogP contribution in [0.1, 0.15) is 16.5 Å². The Kier molecular flexibility index (Phi) is 5.61.